The smallest absolute Gasteiger partial charge is 0.306 e. The molecular formula is C12H13NO5. The van der Waals surface area contributed by atoms with E-state index in [2.05, 4.69) is 4.74 Å². The second-order valence-electron chi connectivity index (χ2n) is 3.50. The van der Waals surface area contributed by atoms with Crippen LogP contribution in [0.15, 0.2) is 24.3 Å². The summed E-state index contributed by atoms with van der Waals surface area (Å²) in [7, 11) is 0. The molecular weight excluding hydrogens is 238 g/mol. The predicted octanol–water partition coefficient (Wildman–Crippen LogP) is 2.12. The SMILES string of the molecule is CCOC(=O)CCC(=O)c1ccccc1[N+](=O)[O-]. The van der Waals surface area contributed by atoms with Crippen LogP contribution in [-0.4, -0.2) is 23.3 Å². The van der Waals surface area contributed by atoms with Crippen LogP contribution in [0.5, 0.6) is 0 Å². The van der Waals surface area contributed by atoms with Gasteiger partial charge in [0, 0.05) is 12.5 Å². The van der Waals surface area contributed by atoms with Gasteiger partial charge in [0.2, 0.25) is 0 Å². The molecule has 6 heteroatoms. The van der Waals surface area contributed by atoms with Crippen LogP contribution in [0.2, 0.25) is 0 Å². The summed E-state index contributed by atoms with van der Waals surface area (Å²) in [6.45, 7) is 1.92. The zero-order valence-corrected chi connectivity index (χ0v) is 9.92. The molecule has 0 N–H and O–H groups in total. The highest BCUT2D eigenvalue weighted by atomic mass is 16.6. The number of hydrogen-bond acceptors (Lipinski definition) is 5. The van der Waals surface area contributed by atoms with Crippen LogP contribution in [0.25, 0.3) is 0 Å². The first-order chi connectivity index (χ1) is 8.56. The van der Waals surface area contributed by atoms with Gasteiger partial charge in [0.25, 0.3) is 5.69 Å². The summed E-state index contributed by atoms with van der Waals surface area (Å²) in [5.41, 5.74) is -0.224. The number of ether oxygens (including phenoxy) is 1. The van der Waals surface area contributed by atoms with Crippen molar-refractivity contribution in [2.45, 2.75) is 19.8 Å². The van der Waals surface area contributed by atoms with Crippen molar-refractivity contribution in [3.8, 4) is 0 Å². The van der Waals surface area contributed by atoms with Gasteiger partial charge in [-0.1, -0.05) is 12.1 Å². The molecule has 0 spiro atoms. The maximum Gasteiger partial charge on any atom is 0.306 e. The Kier molecular flexibility index (Phi) is 4.98. The van der Waals surface area contributed by atoms with Crippen molar-refractivity contribution in [3.63, 3.8) is 0 Å². The molecule has 18 heavy (non-hydrogen) atoms. The molecule has 0 aliphatic heterocycles. The van der Waals surface area contributed by atoms with Crippen LogP contribution >= 0.6 is 0 Å². The summed E-state index contributed by atoms with van der Waals surface area (Å²) in [6, 6.07) is 5.67. The molecule has 6 nitrogen and oxygen atoms in total. The third-order valence-electron chi connectivity index (χ3n) is 2.26. The number of rotatable bonds is 6. The number of carbonyl (C=O) groups is 2. The van der Waals surface area contributed by atoms with Gasteiger partial charge in [-0.2, -0.15) is 0 Å². The average Bonchev–Trinajstić information content (AvgIpc) is 2.36. The third kappa shape index (κ3) is 3.65. The van der Waals surface area contributed by atoms with E-state index in [1.54, 1.807) is 13.0 Å². The van der Waals surface area contributed by atoms with Crippen molar-refractivity contribution in [1.29, 1.82) is 0 Å². The average molecular weight is 251 g/mol. The Morgan fingerprint density at radius 3 is 2.56 bits per heavy atom. The molecule has 1 aromatic carbocycles. The van der Waals surface area contributed by atoms with E-state index in [0.717, 1.165) is 0 Å². The molecule has 0 aliphatic carbocycles. The zero-order valence-electron chi connectivity index (χ0n) is 9.92. The van der Waals surface area contributed by atoms with Gasteiger partial charge in [0.15, 0.2) is 5.78 Å². The molecule has 0 radical (unpaired) electrons. The number of hydrogen-bond donors (Lipinski definition) is 0. The number of Topliss-reactive ketones (excluding diaryl/α,β-unsaturated/α-hetero) is 1. The Morgan fingerprint density at radius 1 is 1.28 bits per heavy atom. The van der Waals surface area contributed by atoms with Crippen molar-refractivity contribution in [1.82, 2.24) is 0 Å². The molecule has 0 aromatic heterocycles. The molecule has 0 amide bonds. The van der Waals surface area contributed by atoms with Gasteiger partial charge in [-0.05, 0) is 13.0 Å². The molecule has 96 valence electrons. The molecule has 0 unspecified atom stereocenters. The quantitative estimate of drug-likeness (QED) is 0.334. The summed E-state index contributed by atoms with van der Waals surface area (Å²) in [5.74, 6) is -0.917. The fraction of sp³-hybridized carbons (Fsp3) is 0.333. The number of ketones is 1. The summed E-state index contributed by atoms with van der Waals surface area (Å²) in [4.78, 5) is 33.0. The van der Waals surface area contributed by atoms with Crippen molar-refractivity contribution in [2.24, 2.45) is 0 Å². The van der Waals surface area contributed by atoms with Crippen LogP contribution in [0, 0.1) is 10.1 Å². The molecule has 0 saturated heterocycles. The second kappa shape index (κ2) is 6.48. The molecule has 0 saturated carbocycles. The minimum atomic E-state index is -0.613. The maximum absolute atomic E-state index is 11.8. The van der Waals surface area contributed by atoms with Gasteiger partial charge in [-0.15, -0.1) is 0 Å². The van der Waals surface area contributed by atoms with E-state index in [1.807, 2.05) is 0 Å². The van der Waals surface area contributed by atoms with Crippen LogP contribution in [0.3, 0.4) is 0 Å². The van der Waals surface area contributed by atoms with Gasteiger partial charge in [0.05, 0.1) is 23.5 Å². The summed E-state index contributed by atoms with van der Waals surface area (Å²) in [5, 5.41) is 10.7. The topological polar surface area (TPSA) is 86.5 Å². The van der Waals surface area contributed by atoms with Gasteiger partial charge < -0.3 is 4.74 Å². The maximum atomic E-state index is 11.8. The zero-order chi connectivity index (χ0) is 13.5. The van der Waals surface area contributed by atoms with Gasteiger partial charge in [0.1, 0.15) is 0 Å². The van der Waals surface area contributed by atoms with Gasteiger partial charge in [-0.25, -0.2) is 0 Å². The molecule has 1 rings (SSSR count). The Bertz CT molecular complexity index is 469. The number of nitro benzene ring substituents is 1. The lowest BCUT2D eigenvalue weighted by atomic mass is 10.0. The Balaban J connectivity index is 2.73. The molecule has 0 heterocycles. The van der Waals surface area contributed by atoms with Crippen LogP contribution in [0.1, 0.15) is 30.1 Å². The lowest BCUT2D eigenvalue weighted by Gasteiger charge is -2.02. The summed E-state index contributed by atoms with van der Waals surface area (Å²) in [6.07, 6.45) is -0.164. The van der Waals surface area contributed by atoms with E-state index < -0.39 is 16.7 Å². The Morgan fingerprint density at radius 2 is 1.94 bits per heavy atom. The molecule has 0 aliphatic rings. The lowest BCUT2D eigenvalue weighted by molar-refractivity contribution is -0.385. The highest BCUT2D eigenvalue weighted by Gasteiger charge is 2.19. The Labute approximate surface area is 104 Å². The van der Waals surface area contributed by atoms with Crippen molar-refractivity contribution < 1.29 is 19.2 Å². The highest BCUT2D eigenvalue weighted by Crippen LogP contribution is 2.19. The molecule has 1 aromatic rings. The van der Waals surface area contributed by atoms with Crippen LogP contribution < -0.4 is 0 Å². The fourth-order valence-corrected chi connectivity index (χ4v) is 1.45. The van der Waals surface area contributed by atoms with E-state index in [-0.39, 0.29) is 30.7 Å². The second-order valence-corrected chi connectivity index (χ2v) is 3.50. The lowest BCUT2D eigenvalue weighted by Crippen LogP contribution is -2.09. The number of benzene rings is 1. The minimum absolute atomic E-state index is 0.0202. The Hall–Kier alpha value is -2.24. The molecule has 0 fully saturated rings. The van der Waals surface area contributed by atoms with E-state index in [1.165, 1.54) is 18.2 Å². The number of carbonyl (C=O) groups excluding carboxylic acids is 2. The number of nitro groups is 1. The summed E-state index contributed by atoms with van der Waals surface area (Å²) < 4.78 is 4.68. The first-order valence-corrected chi connectivity index (χ1v) is 5.48. The largest absolute Gasteiger partial charge is 0.466 e. The normalized spacial score (nSPS) is 9.83. The van der Waals surface area contributed by atoms with Gasteiger partial charge >= 0.3 is 5.97 Å². The van der Waals surface area contributed by atoms with Crippen LogP contribution in [0.4, 0.5) is 5.69 Å². The van der Waals surface area contributed by atoms with Crippen molar-refractivity contribution >= 4 is 17.4 Å². The fourth-order valence-electron chi connectivity index (χ4n) is 1.45. The monoisotopic (exact) mass is 251 g/mol. The standard InChI is InChI=1S/C12H13NO5/c1-2-18-12(15)8-7-11(14)9-5-3-4-6-10(9)13(16)17/h3-6H,2,7-8H2,1H3. The van der Waals surface area contributed by atoms with Gasteiger partial charge in [-0.3, -0.25) is 19.7 Å². The van der Waals surface area contributed by atoms with E-state index in [9.17, 15) is 19.7 Å². The van der Waals surface area contributed by atoms with E-state index in [4.69, 9.17) is 0 Å². The first kappa shape index (κ1) is 13.8. The van der Waals surface area contributed by atoms with Crippen molar-refractivity contribution in [3.05, 3.63) is 39.9 Å². The molecule has 0 atom stereocenters. The van der Waals surface area contributed by atoms with E-state index >= 15 is 0 Å². The minimum Gasteiger partial charge on any atom is -0.466 e. The predicted molar refractivity (Wildman–Crippen MR) is 63.3 cm³/mol. The highest BCUT2D eigenvalue weighted by molar-refractivity contribution is 6.00. The van der Waals surface area contributed by atoms with Crippen molar-refractivity contribution in [2.75, 3.05) is 6.61 Å². The number of nitrogens with zero attached hydrogens (tertiary/aromatic N) is 1. The van der Waals surface area contributed by atoms with Crippen LogP contribution in [-0.2, 0) is 9.53 Å². The summed E-state index contributed by atoms with van der Waals surface area (Å²) >= 11 is 0. The first-order valence-electron chi connectivity index (χ1n) is 5.48. The molecule has 0 bridgehead atoms. The number of esters is 1. The number of para-hydroxylation sites is 1. The third-order valence-corrected chi connectivity index (χ3v) is 2.26. The van der Waals surface area contributed by atoms with E-state index in [0.29, 0.717) is 0 Å².